The van der Waals surface area contributed by atoms with E-state index in [1.807, 2.05) is 0 Å². The van der Waals surface area contributed by atoms with E-state index >= 15 is 0 Å². The van der Waals surface area contributed by atoms with Gasteiger partial charge in [-0.1, -0.05) is 11.6 Å². The van der Waals surface area contributed by atoms with Crippen LogP contribution in [0.5, 0.6) is 0 Å². The molecule has 21 heavy (non-hydrogen) atoms. The number of imide groups is 2. The van der Waals surface area contributed by atoms with Crippen molar-refractivity contribution in [1.82, 2.24) is 9.80 Å². The number of amides is 5. The van der Waals surface area contributed by atoms with Gasteiger partial charge in [0.15, 0.2) is 0 Å². The zero-order chi connectivity index (χ0) is 15.7. The lowest BCUT2D eigenvalue weighted by Gasteiger charge is -2.13. The molecule has 1 aliphatic heterocycles. The van der Waals surface area contributed by atoms with Crippen LogP contribution in [0.15, 0.2) is 18.2 Å². The smallest absolute Gasteiger partial charge is 0.334 e. The number of likely N-dealkylation sites (N-methyl/N-ethyl adjacent to an activating group) is 1. The van der Waals surface area contributed by atoms with E-state index in [0.29, 0.717) is 15.5 Å². The number of carbonyl (C=O) groups is 4. The molecule has 0 aliphatic carbocycles. The maximum absolute atomic E-state index is 11.8. The Morgan fingerprint density at radius 3 is 2.52 bits per heavy atom. The topological polar surface area (TPSA) is 113 Å². The third-order valence-electron chi connectivity index (χ3n) is 2.82. The monoisotopic (exact) mass is 310 g/mol. The number of rotatable bonds is 3. The van der Waals surface area contributed by atoms with Crippen LogP contribution in [0.4, 0.5) is 16.2 Å². The lowest BCUT2D eigenvalue weighted by molar-refractivity contribution is -0.143. The number of carbonyl (C=O) groups excluding carboxylic acids is 4. The van der Waals surface area contributed by atoms with Gasteiger partial charge >= 0.3 is 17.8 Å². The van der Waals surface area contributed by atoms with Crippen molar-refractivity contribution in [2.45, 2.75) is 0 Å². The van der Waals surface area contributed by atoms with Gasteiger partial charge in [0.05, 0.1) is 10.7 Å². The van der Waals surface area contributed by atoms with Crippen molar-refractivity contribution in [3.8, 4) is 0 Å². The van der Waals surface area contributed by atoms with Gasteiger partial charge in [-0.25, -0.2) is 9.69 Å². The van der Waals surface area contributed by atoms with E-state index in [1.54, 1.807) is 6.07 Å². The average Bonchev–Trinajstić information content (AvgIpc) is 2.61. The molecule has 0 aromatic heterocycles. The molecule has 0 radical (unpaired) electrons. The molecule has 1 saturated heterocycles. The minimum atomic E-state index is -1.05. The van der Waals surface area contributed by atoms with E-state index in [2.05, 4.69) is 5.32 Å². The Kier molecular flexibility index (Phi) is 3.81. The van der Waals surface area contributed by atoms with Gasteiger partial charge < -0.3 is 11.1 Å². The molecule has 0 saturated carbocycles. The molecule has 1 aliphatic rings. The maximum atomic E-state index is 11.8. The highest BCUT2D eigenvalue weighted by molar-refractivity contribution is 6.45. The van der Waals surface area contributed by atoms with Crippen LogP contribution in [-0.2, 0) is 14.4 Å². The highest BCUT2D eigenvalue weighted by atomic mass is 35.5. The molecule has 1 fully saturated rings. The summed E-state index contributed by atoms with van der Waals surface area (Å²) in [4.78, 5) is 47.5. The largest absolute Gasteiger partial charge is 0.399 e. The van der Waals surface area contributed by atoms with Gasteiger partial charge in [0.2, 0.25) is 5.91 Å². The fraction of sp³-hybridized carbons (Fsp3) is 0.167. The average molecular weight is 311 g/mol. The van der Waals surface area contributed by atoms with Crippen molar-refractivity contribution in [1.29, 1.82) is 0 Å². The summed E-state index contributed by atoms with van der Waals surface area (Å²) in [6.45, 7) is -0.584. The number of nitrogen functional groups attached to an aromatic ring is 1. The summed E-state index contributed by atoms with van der Waals surface area (Å²) in [6.07, 6.45) is 0. The summed E-state index contributed by atoms with van der Waals surface area (Å²) in [5, 5.41) is 2.68. The van der Waals surface area contributed by atoms with E-state index in [9.17, 15) is 19.2 Å². The Hall–Kier alpha value is -2.61. The molecule has 1 heterocycles. The molecule has 110 valence electrons. The molecule has 0 unspecified atom stereocenters. The Morgan fingerprint density at radius 1 is 1.29 bits per heavy atom. The van der Waals surface area contributed by atoms with E-state index < -0.39 is 30.3 Å². The van der Waals surface area contributed by atoms with E-state index in [1.165, 1.54) is 12.1 Å². The highest BCUT2D eigenvalue weighted by Gasteiger charge is 2.42. The van der Waals surface area contributed by atoms with Gasteiger partial charge in [-0.15, -0.1) is 0 Å². The van der Waals surface area contributed by atoms with E-state index in [0.717, 1.165) is 7.05 Å². The third kappa shape index (κ3) is 2.79. The quantitative estimate of drug-likeness (QED) is 0.473. The molecule has 0 atom stereocenters. The number of nitrogens with two attached hydrogens (primary N) is 1. The molecule has 2 rings (SSSR count). The zero-order valence-corrected chi connectivity index (χ0v) is 11.7. The predicted molar refractivity (Wildman–Crippen MR) is 74.4 cm³/mol. The molecule has 1 aromatic rings. The maximum Gasteiger partial charge on any atom is 0.334 e. The Balaban J connectivity index is 2.09. The van der Waals surface area contributed by atoms with Crippen molar-refractivity contribution in [2.75, 3.05) is 24.6 Å². The fourth-order valence-electron chi connectivity index (χ4n) is 1.73. The summed E-state index contributed by atoms with van der Waals surface area (Å²) < 4.78 is 0. The molecular weight excluding hydrogens is 300 g/mol. The standard InChI is InChI=1S/C12H11ClN4O4/c1-16-10(19)11(20)17(12(16)21)5-9(18)15-8-4-6(14)2-3-7(8)13/h2-4H,5,14H2,1H3,(H,15,18). The summed E-state index contributed by atoms with van der Waals surface area (Å²) in [7, 11) is 1.16. The number of anilines is 2. The van der Waals surface area contributed by atoms with Crippen LogP contribution in [-0.4, -0.2) is 47.1 Å². The first-order valence-electron chi connectivity index (χ1n) is 5.79. The lowest BCUT2D eigenvalue weighted by atomic mass is 10.3. The Bertz CT molecular complexity index is 661. The van der Waals surface area contributed by atoms with Crippen LogP contribution in [0.1, 0.15) is 0 Å². The third-order valence-corrected chi connectivity index (χ3v) is 3.15. The number of urea groups is 1. The molecule has 1 aromatic carbocycles. The number of nitrogens with zero attached hydrogens (tertiary/aromatic N) is 2. The van der Waals surface area contributed by atoms with Crippen LogP contribution in [0, 0.1) is 0 Å². The minimum absolute atomic E-state index is 0.250. The number of hydrogen-bond acceptors (Lipinski definition) is 5. The Labute approximate surface area is 124 Å². The van der Waals surface area contributed by atoms with Crippen LogP contribution in [0.25, 0.3) is 0 Å². The SMILES string of the molecule is CN1C(=O)C(=O)N(CC(=O)Nc2cc(N)ccc2Cl)C1=O. The van der Waals surface area contributed by atoms with E-state index in [-0.39, 0.29) is 10.7 Å². The van der Waals surface area contributed by atoms with Gasteiger partial charge in [0.25, 0.3) is 0 Å². The van der Waals surface area contributed by atoms with Crippen LogP contribution in [0.3, 0.4) is 0 Å². The van der Waals surface area contributed by atoms with Crippen molar-refractivity contribution >= 4 is 46.7 Å². The normalized spacial score (nSPS) is 14.9. The minimum Gasteiger partial charge on any atom is -0.399 e. The molecule has 8 nitrogen and oxygen atoms in total. The van der Waals surface area contributed by atoms with Gasteiger partial charge in [0.1, 0.15) is 6.54 Å². The molecule has 5 amide bonds. The lowest BCUT2D eigenvalue weighted by Crippen LogP contribution is -2.38. The van der Waals surface area contributed by atoms with Gasteiger partial charge in [0, 0.05) is 12.7 Å². The van der Waals surface area contributed by atoms with Crippen LogP contribution < -0.4 is 11.1 Å². The molecule has 9 heteroatoms. The first-order chi connectivity index (χ1) is 9.81. The number of halogens is 1. The molecule has 3 N–H and O–H groups in total. The number of hydrogen-bond donors (Lipinski definition) is 2. The Morgan fingerprint density at radius 2 is 1.95 bits per heavy atom. The summed E-state index contributed by atoms with van der Waals surface area (Å²) in [5.41, 5.74) is 6.20. The van der Waals surface area contributed by atoms with Crippen molar-refractivity contribution in [2.24, 2.45) is 0 Å². The first-order valence-corrected chi connectivity index (χ1v) is 6.17. The van der Waals surface area contributed by atoms with Gasteiger partial charge in [-0.2, -0.15) is 0 Å². The van der Waals surface area contributed by atoms with Crippen molar-refractivity contribution in [3.63, 3.8) is 0 Å². The second kappa shape index (κ2) is 5.41. The molecule has 0 spiro atoms. The van der Waals surface area contributed by atoms with Gasteiger partial charge in [-0.05, 0) is 18.2 Å². The van der Waals surface area contributed by atoms with E-state index in [4.69, 9.17) is 17.3 Å². The highest BCUT2D eigenvalue weighted by Crippen LogP contribution is 2.24. The van der Waals surface area contributed by atoms with Crippen LogP contribution in [0.2, 0.25) is 5.02 Å². The fourth-order valence-corrected chi connectivity index (χ4v) is 1.89. The van der Waals surface area contributed by atoms with Crippen molar-refractivity contribution < 1.29 is 19.2 Å². The number of nitrogens with one attached hydrogen (secondary N) is 1. The van der Waals surface area contributed by atoms with Crippen LogP contribution >= 0.6 is 11.6 Å². The zero-order valence-electron chi connectivity index (χ0n) is 10.9. The predicted octanol–water partition coefficient (Wildman–Crippen LogP) is 0.281. The summed E-state index contributed by atoms with van der Waals surface area (Å²) in [5.74, 6) is -2.70. The molecule has 0 bridgehead atoms. The second-order valence-electron chi connectivity index (χ2n) is 4.33. The first kappa shape index (κ1) is 14.8. The van der Waals surface area contributed by atoms with Crippen molar-refractivity contribution in [3.05, 3.63) is 23.2 Å². The summed E-state index contributed by atoms with van der Waals surface area (Å²) >= 11 is 5.88. The second-order valence-corrected chi connectivity index (χ2v) is 4.73. The molecular formula is C12H11ClN4O4. The van der Waals surface area contributed by atoms with Gasteiger partial charge in [-0.3, -0.25) is 19.3 Å². The number of benzene rings is 1. The summed E-state index contributed by atoms with van der Waals surface area (Å²) in [6, 6.07) is 3.64.